The van der Waals surface area contributed by atoms with E-state index in [1.807, 2.05) is 6.92 Å². The highest BCUT2D eigenvalue weighted by molar-refractivity contribution is 6.03. The molecule has 0 aliphatic carbocycles. The first kappa shape index (κ1) is 24.5. The van der Waals surface area contributed by atoms with Crippen molar-refractivity contribution in [1.29, 1.82) is 0 Å². The fourth-order valence-corrected chi connectivity index (χ4v) is 4.52. The summed E-state index contributed by atoms with van der Waals surface area (Å²) in [4.78, 5) is 39.5. The van der Waals surface area contributed by atoms with Crippen molar-refractivity contribution in [2.45, 2.75) is 58.3 Å². The zero-order valence-corrected chi connectivity index (χ0v) is 20.3. The van der Waals surface area contributed by atoms with E-state index in [1.54, 1.807) is 44.0 Å². The largest absolute Gasteiger partial charge is 0.490 e. The number of nitrogens with zero attached hydrogens (tertiary/aromatic N) is 2. The van der Waals surface area contributed by atoms with Gasteiger partial charge >= 0.3 is 6.03 Å². The molecule has 11 heteroatoms. The van der Waals surface area contributed by atoms with Gasteiger partial charge in [0, 0.05) is 19.3 Å². The molecule has 0 saturated carbocycles. The summed E-state index contributed by atoms with van der Waals surface area (Å²) in [5, 5.41) is 12.1. The van der Waals surface area contributed by atoms with Crippen LogP contribution in [0.4, 0.5) is 16.2 Å². The van der Waals surface area contributed by atoms with Crippen LogP contribution >= 0.6 is 0 Å². The summed E-state index contributed by atoms with van der Waals surface area (Å²) < 4.78 is 17.2. The normalized spacial score (nSPS) is 21.7. The van der Waals surface area contributed by atoms with Gasteiger partial charge in [-0.2, -0.15) is 0 Å². The fraction of sp³-hybridized carbons (Fsp3) is 0.500. The number of rotatable bonds is 5. The predicted molar refractivity (Wildman–Crippen MR) is 128 cm³/mol. The van der Waals surface area contributed by atoms with Crippen LogP contribution in [0.1, 0.15) is 48.0 Å². The average Bonchev–Trinajstić information content (AvgIpc) is 3.14. The molecule has 188 valence electrons. The third-order valence-corrected chi connectivity index (χ3v) is 6.33. The van der Waals surface area contributed by atoms with E-state index >= 15 is 0 Å². The number of benzene rings is 1. The Morgan fingerprint density at radius 2 is 2.00 bits per heavy atom. The molecule has 0 radical (unpaired) electrons. The van der Waals surface area contributed by atoms with E-state index in [4.69, 9.17) is 14.0 Å². The fourth-order valence-electron chi connectivity index (χ4n) is 4.52. The average molecular weight is 486 g/mol. The standard InChI is InChI=1S/C24H31N5O6/c1-5-25-21(30)11-16-7-8-18-20(34-16)12-33-19-9-6-15(10-17(19)23(31)29(18)4)26-24(32)27-22-13(2)28-35-14(22)3/h6,9-10,16,18,20H,5,7-8,11-12H2,1-4H3,(H,25,30)(H2,26,27,32)/t16-,18+,20-/m0/s1. The number of carbonyl (C=O) groups is 3. The van der Waals surface area contributed by atoms with Crippen molar-refractivity contribution in [1.82, 2.24) is 15.4 Å². The number of ether oxygens (including phenoxy) is 2. The van der Waals surface area contributed by atoms with Crippen molar-refractivity contribution in [2.75, 3.05) is 30.8 Å². The molecule has 2 aliphatic rings. The molecule has 4 amide bonds. The summed E-state index contributed by atoms with van der Waals surface area (Å²) in [5.74, 6) is 0.635. The maximum absolute atomic E-state index is 13.3. The van der Waals surface area contributed by atoms with Gasteiger partial charge in [0.25, 0.3) is 5.91 Å². The van der Waals surface area contributed by atoms with Crippen molar-refractivity contribution in [2.24, 2.45) is 0 Å². The second kappa shape index (κ2) is 10.3. The zero-order chi connectivity index (χ0) is 25.1. The van der Waals surface area contributed by atoms with Gasteiger partial charge in [0.1, 0.15) is 29.8 Å². The topological polar surface area (TPSA) is 135 Å². The SMILES string of the molecule is CCNC(=O)C[C@@H]1CC[C@@H]2[C@H](COc3ccc(NC(=O)Nc4c(C)noc4C)cc3C(=O)N2C)O1. The molecule has 4 rings (SSSR count). The van der Waals surface area contributed by atoms with Crippen molar-refractivity contribution >= 4 is 29.2 Å². The van der Waals surface area contributed by atoms with Gasteiger partial charge in [-0.15, -0.1) is 0 Å². The summed E-state index contributed by atoms with van der Waals surface area (Å²) in [7, 11) is 1.74. The third-order valence-electron chi connectivity index (χ3n) is 6.33. The van der Waals surface area contributed by atoms with Gasteiger partial charge in [-0.3, -0.25) is 9.59 Å². The minimum absolute atomic E-state index is 0.0455. The smallest absolute Gasteiger partial charge is 0.323 e. The molecule has 0 spiro atoms. The Morgan fingerprint density at radius 1 is 1.20 bits per heavy atom. The summed E-state index contributed by atoms with van der Waals surface area (Å²) in [6.07, 6.45) is 1.11. The van der Waals surface area contributed by atoms with E-state index in [2.05, 4.69) is 21.1 Å². The number of likely N-dealkylation sites (N-methyl/N-ethyl adjacent to an activating group) is 1. The van der Waals surface area contributed by atoms with Crippen LogP contribution in [-0.2, 0) is 9.53 Å². The maximum atomic E-state index is 13.3. The lowest BCUT2D eigenvalue weighted by Gasteiger charge is -2.42. The maximum Gasteiger partial charge on any atom is 0.323 e. The summed E-state index contributed by atoms with van der Waals surface area (Å²) >= 11 is 0. The Hall–Kier alpha value is -3.60. The van der Waals surface area contributed by atoms with E-state index in [9.17, 15) is 14.4 Å². The Bertz CT molecular complexity index is 1100. The lowest BCUT2D eigenvalue weighted by atomic mass is 9.94. The number of aryl methyl sites for hydroxylation is 2. The first-order valence-corrected chi connectivity index (χ1v) is 11.7. The monoisotopic (exact) mass is 485 g/mol. The third kappa shape index (κ3) is 5.40. The highest BCUT2D eigenvalue weighted by atomic mass is 16.5. The van der Waals surface area contributed by atoms with Crippen LogP contribution in [0.3, 0.4) is 0 Å². The van der Waals surface area contributed by atoms with E-state index in [0.717, 1.165) is 0 Å². The molecule has 1 aromatic heterocycles. The molecule has 3 N–H and O–H groups in total. The molecule has 11 nitrogen and oxygen atoms in total. The molecule has 0 bridgehead atoms. The molecule has 1 fully saturated rings. The molecule has 1 saturated heterocycles. The molecule has 3 heterocycles. The van der Waals surface area contributed by atoms with Gasteiger partial charge in [0.05, 0.1) is 24.1 Å². The molecule has 2 aromatic rings. The van der Waals surface area contributed by atoms with Gasteiger partial charge in [-0.1, -0.05) is 5.16 Å². The van der Waals surface area contributed by atoms with Gasteiger partial charge in [-0.25, -0.2) is 4.79 Å². The Kier molecular flexibility index (Phi) is 7.25. The van der Waals surface area contributed by atoms with Crippen molar-refractivity contribution in [3.63, 3.8) is 0 Å². The number of aromatic nitrogens is 1. The van der Waals surface area contributed by atoms with Crippen LogP contribution in [0.25, 0.3) is 0 Å². The first-order valence-electron chi connectivity index (χ1n) is 11.7. The quantitative estimate of drug-likeness (QED) is 0.593. The first-order chi connectivity index (χ1) is 16.8. The van der Waals surface area contributed by atoms with Crippen LogP contribution in [0, 0.1) is 13.8 Å². The number of hydrogen-bond acceptors (Lipinski definition) is 7. The van der Waals surface area contributed by atoms with Gasteiger partial charge in [0.2, 0.25) is 5.91 Å². The van der Waals surface area contributed by atoms with Gasteiger partial charge in [-0.05, 0) is 51.8 Å². The molecule has 35 heavy (non-hydrogen) atoms. The van der Waals surface area contributed by atoms with E-state index in [1.165, 1.54) is 0 Å². The molecular formula is C24H31N5O6. The number of fused-ring (bicyclic) bond motifs is 2. The highest BCUT2D eigenvalue weighted by Gasteiger charge is 2.39. The van der Waals surface area contributed by atoms with Crippen LogP contribution in [0.5, 0.6) is 5.75 Å². The minimum Gasteiger partial charge on any atom is -0.490 e. The Balaban J connectivity index is 1.46. The number of urea groups is 1. The van der Waals surface area contributed by atoms with Crippen molar-refractivity contribution in [3.05, 3.63) is 35.2 Å². The summed E-state index contributed by atoms with van der Waals surface area (Å²) in [6, 6.07) is 4.26. The van der Waals surface area contributed by atoms with Crippen LogP contribution in [-0.4, -0.2) is 66.4 Å². The molecule has 2 aliphatic heterocycles. The molecule has 0 unspecified atom stereocenters. The number of nitrogens with one attached hydrogen (secondary N) is 3. The molecule has 3 atom stereocenters. The van der Waals surface area contributed by atoms with Crippen molar-refractivity contribution < 1.29 is 28.4 Å². The Morgan fingerprint density at radius 3 is 2.71 bits per heavy atom. The number of amides is 4. The van der Waals surface area contributed by atoms with Crippen LogP contribution in [0.15, 0.2) is 22.7 Å². The summed E-state index contributed by atoms with van der Waals surface area (Å²) in [5.41, 5.74) is 1.86. The lowest BCUT2D eigenvalue weighted by molar-refractivity contribution is -0.133. The predicted octanol–water partition coefficient (Wildman–Crippen LogP) is 2.84. The second-order valence-corrected chi connectivity index (χ2v) is 8.82. The summed E-state index contributed by atoms with van der Waals surface area (Å²) in [6.45, 7) is 6.14. The van der Waals surface area contributed by atoms with E-state index in [0.29, 0.717) is 53.5 Å². The number of anilines is 2. The lowest BCUT2D eigenvalue weighted by Crippen LogP contribution is -2.54. The van der Waals surface area contributed by atoms with Crippen LogP contribution < -0.4 is 20.7 Å². The minimum atomic E-state index is -0.481. The molecule has 1 aromatic carbocycles. The van der Waals surface area contributed by atoms with Gasteiger partial charge in [0.15, 0.2) is 5.76 Å². The van der Waals surface area contributed by atoms with Crippen molar-refractivity contribution in [3.8, 4) is 5.75 Å². The van der Waals surface area contributed by atoms with E-state index in [-0.39, 0.29) is 43.1 Å². The number of carbonyl (C=O) groups excluding carboxylic acids is 3. The van der Waals surface area contributed by atoms with Gasteiger partial charge < -0.3 is 34.8 Å². The highest BCUT2D eigenvalue weighted by Crippen LogP contribution is 2.32. The molecular weight excluding hydrogens is 454 g/mol. The number of hydrogen-bond donors (Lipinski definition) is 3. The second-order valence-electron chi connectivity index (χ2n) is 8.82. The Labute approximate surface area is 203 Å². The van der Waals surface area contributed by atoms with Crippen LogP contribution in [0.2, 0.25) is 0 Å². The van der Waals surface area contributed by atoms with E-state index < -0.39 is 6.03 Å². The zero-order valence-electron chi connectivity index (χ0n) is 20.3.